The number of ketones is 1. The molecule has 0 atom stereocenters. The number of hydrogen-bond donors (Lipinski definition) is 1. The Labute approximate surface area is 156 Å². The first kappa shape index (κ1) is 18.8. The molecular formula is C17H12ClF3N4O2. The predicted octanol–water partition coefficient (Wildman–Crippen LogP) is 3.79. The Kier molecular flexibility index (Phi) is 4.88. The molecule has 1 aromatic carbocycles. The molecule has 0 aliphatic carbocycles. The van der Waals surface area contributed by atoms with Gasteiger partial charge in [-0.05, 0) is 30.7 Å². The van der Waals surface area contributed by atoms with E-state index in [2.05, 4.69) is 15.4 Å². The Morgan fingerprint density at radius 3 is 2.63 bits per heavy atom. The van der Waals surface area contributed by atoms with E-state index in [1.807, 2.05) is 6.92 Å². The van der Waals surface area contributed by atoms with Gasteiger partial charge in [-0.1, -0.05) is 18.5 Å². The fraction of sp³-hybridized carbons (Fsp3) is 0.176. The van der Waals surface area contributed by atoms with Gasteiger partial charge in [0.25, 0.3) is 11.7 Å². The number of carbonyl (C=O) groups is 2. The van der Waals surface area contributed by atoms with E-state index in [-0.39, 0.29) is 5.82 Å². The van der Waals surface area contributed by atoms with Crippen LogP contribution in [0, 0.1) is 0 Å². The highest BCUT2D eigenvalue weighted by Crippen LogP contribution is 2.35. The van der Waals surface area contributed by atoms with Crippen LogP contribution in [0.4, 0.5) is 19.0 Å². The van der Waals surface area contributed by atoms with Gasteiger partial charge in [-0.25, -0.2) is 4.98 Å². The van der Waals surface area contributed by atoms with E-state index in [1.165, 1.54) is 16.8 Å². The van der Waals surface area contributed by atoms with Crippen LogP contribution in [0.1, 0.15) is 28.5 Å². The Morgan fingerprint density at radius 1 is 1.22 bits per heavy atom. The number of anilines is 1. The van der Waals surface area contributed by atoms with Crippen LogP contribution in [0.2, 0.25) is 5.02 Å². The number of aromatic nitrogens is 3. The van der Waals surface area contributed by atoms with Crippen molar-refractivity contribution >= 4 is 34.8 Å². The second kappa shape index (κ2) is 6.99. The van der Waals surface area contributed by atoms with E-state index >= 15 is 0 Å². The van der Waals surface area contributed by atoms with Crippen LogP contribution in [0.5, 0.6) is 0 Å². The molecule has 1 amide bonds. The third-order valence-corrected chi connectivity index (χ3v) is 4.08. The minimum Gasteiger partial charge on any atom is -0.304 e. The van der Waals surface area contributed by atoms with Gasteiger partial charge < -0.3 is 5.32 Å². The van der Waals surface area contributed by atoms with Crippen molar-refractivity contribution < 1.29 is 22.8 Å². The highest BCUT2D eigenvalue weighted by atomic mass is 35.5. The molecule has 0 saturated carbocycles. The summed E-state index contributed by atoms with van der Waals surface area (Å²) >= 11 is 5.53. The molecule has 0 radical (unpaired) electrons. The standard InChI is InChI=1S/C17H12ClF3N4O2/c1-2-10-8-14-22-6-5-13(25(14)24-10)23-16(27)15(26)9-3-4-12(18)11(7-9)17(19,20)21/h3-8H,2H2,1H3,(H,23,27). The molecule has 1 N–H and O–H groups in total. The van der Waals surface area contributed by atoms with Gasteiger partial charge in [0.1, 0.15) is 5.82 Å². The fourth-order valence-corrected chi connectivity index (χ4v) is 2.62. The van der Waals surface area contributed by atoms with Crippen molar-refractivity contribution in [3.8, 4) is 0 Å². The quantitative estimate of drug-likeness (QED) is 0.538. The van der Waals surface area contributed by atoms with Gasteiger partial charge in [-0.2, -0.15) is 22.8 Å². The Balaban J connectivity index is 1.89. The van der Waals surface area contributed by atoms with Crippen LogP contribution < -0.4 is 5.32 Å². The van der Waals surface area contributed by atoms with E-state index in [0.29, 0.717) is 18.1 Å². The maximum absolute atomic E-state index is 12.9. The van der Waals surface area contributed by atoms with Gasteiger partial charge in [-0.3, -0.25) is 9.59 Å². The molecule has 10 heteroatoms. The second-order valence-corrected chi connectivity index (χ2v) is 5.97. The molecule has 2 aromatic heterocycles. The average molecular weight is 397 g/mol. The molecule has 0 fully saturated rings. The van der Waals surface area contributed by atoms with Gasteiger partial charge >= 0.3 is 6.18 Å². The zero-order chi connectivity index (χ0) is 19.8. The zero-order valence-corrected chi connectivity index (χ0v) is 14.6. The number of nitrogens with zero attached hydrogens (tertiary/aromatic N) is 3. The molecule has 3 aromatic rings. The molecule has 6 nitrogen and oxygen atoms in total. The Bertz CT molecular complexity index is 1050. The van der Waals surface area contributed by atoms with Crippen molar-refractivity contribution in [3.05, 3.63) is 58.4 Å². The third kappa shape index (κ3) is 3.77. The minimum atomic E-state index is -4.74. The van der Waals surface area contributed by atoms with E-state index in [1.54, 1.807) is 6.07 Å². The van der Waals surface area contributed by atoms with Gasteiger partial charge in [0, 0.05) is 17.8 Å². The summed E-state index contributed by atoms with van der Waals surface area (Å²) in [4.78, 5) is 28.6. The highest BCUT2D eigenvalue weighted by molar-refractivity contribution is 6.46. The number of nitrogens with one attached hydrogen (secondary N) is 1. The first-order valence-corrected chi connectivity index (χ1v) is 8.14. The largest absolute Gasteiger partial charge is 0.417 e. The lowest BCUT2D eigenvalue weighted by molar-refractivity contribution is -0.137. The Hall–Kier alpha value is -2.94. The van der Waals surface area contributed by atoms with E-state index in [0.717, 1.165) is 17.8 Å². The number of halogens is 4. The van der Waals surface area contributed by atoms with Crippen LogP contribution >= 0.6 is 11.6 Å². The second-order valence-electron chi connectivity index (χ2n) is 5.56. The summed E-state index contributed by atoms with van der Waals surface area (Å²) in [7, 11) is 0. The van der Waals surface area contributed by atoms with Crippen molar-refractivity contribution in [3.63, 3.8) is 0 Å². The van der Waals surface area contributed by atoms with Crippen molar-refractivity contribution in [2.75, 3.05) is 5.32 Å². The van der Waals surface area contributed by atoms with Gasteiger partial charge in [0.2, 0.25) is 0 Å². The van der Waals surface area contributed by atoms with Crippen LogP contribution in [0.15, 0.2) is 36.5 Å². The molecule has 0 spiro atoms. The molecule has 27 heavy (non-hydrogen) atoms. The summed E-state index contributed by atoms with van der Waals surface area (Å²) in [6.07, 6.45) is -2.69. The summed E-state index contributed by atoms with van der Waals surface area (Å²) in [6, 6.07) is 5.68. The van der Waals surface area contributed by atoms with Crippen LogP contribution in [0.25, 0.3) is 5.65 Å². The van der Waals surface area contributed by atoms with Crippen molar-refractivity contribution in [2.45, 2.75) is 19.5 Å². The van der Waals surface area contributed by atoms with E-state index in [9.17, 15) is 22.8 Å². The third-order valence-electron chi connectivity index (χ3n) is 3.75. The molecule has 0 saturated heterocycles. The summed E-state index contributed by atoms with van der Waals surface area (Å²) in [5.41, 5.74) is -0.427. The maximum atomic E-state index is 12.9. The number of Topliss-reactive ketones (excluding diaryl/α,β-unsaturated/α-hetero) is 1. The van der Waals surface area contributed by atoms with Gasteiger partial charge in [-0.15, -0.1) is 0 Å². The molecule has 2 heterocycles. The van der Waals surface area contributed by atoms with E-state index in [4.69, 9.17) is 11.6 Å². The van der Waals surface area contributed by atoms with Crippen LogP contribution in [-0.4, -0.2) is 26.3 Å². The maximum Gasteiger partial charge on any atom is 0.417 e. The summed E-state index contributed by atoms with van der Waals surface area (Å²) in [6.45, 7) is 1.89. The zero-order valence-electron chi connectivity index (χ0n) is 13.8. The van der Waals surface area contributed by atoms with Gasteiger partial charge in [0.15, 0.2) is 5.65 Å². The van der Waals surface area contributed by atoms with Gasteiger partial charge in [0.05, 0.1) is 16.3 Å². The predicted molar refractivity (Wildman–Crippen MR) is 91.8 cm³/mol. The molecule has 0 bridgehead atoms. The van der Waals surface area contributed by atoms with Crippen molar-refractivity contribution in [1.29, 1.82) is 0 Å². The number of benzene rings is 1. The topological polar surface area (TPSA) is 76.4 Å². The van der Waals surface area contributed by atoms with Crippen molar-refractivity contribution in [1.82, 2.24) is 14.6 Å². The van der Waals surface area contributed by atoms with E-state index < -0.39 is 34.0 Å². The number of alkyl halides is 3. The van der Waals surface area contributed by atoms with Crippen LogP contribution in [0.3, 0.4) is 0 Å². The number of rotatable bonds is 4. The van der Waals surface area contributed by atoms with Crippen LogP contribution in [-0.2, 0) is 17.4 Å². The normalized spacial score (nSPS) is 11.6. The summed E-state index contributed by atoms with van der Waals surface area (Å²) in [5, 5.41) is 6.03. The Morgan fingerprint density at radius 2 is 1.96 bits per heavy atom. The lowest BCUT2D eigenvalue weighted by Gasteiger charge is -2.11. The first-order valence-electron chi connectivity index (χ1n) is 7.76. The molecule has 0 aliphatic heterocycles. The smallest absolute Gasteiger partial charge is 0.304 e. The number of carbonyl (C=O) groups excluding carboxylic acids is 2. The fourth-order valence-electron chi connectivity index (χ4n) is 2.40. The number of amides is 1. The molecule has 0 aliphatic rings. The van der Waals surface area contributed by atoms with Crippen molar-refractivity contribution in [2.24, 2.45) is 0 Å². The summed E-state index contributed by atoms with van der Waals surface area (Å²) < 4.78 is 40.1. The molecule has 3 rings (SSSR count). The minimum absolute atomic E-state index is 0.169. The summed E-state index contributed by atoms with van der Waals surface area (Å²) in [5.74, 6) is -2.07. The lowest BCUT2D eigenvalue weighted by atomic mass is 10.1. The number of hydrogen-bond acceptors (Lipinski definition) is 4. The lowest BCUT2D eigenvalue weighted by Crippen LogP contribution is -2.24. The molecular weight excluding hydrogens is 385 g/mol. The average Bonchev–Trinajstić information content (AvgIpc) is 3.05. The number of fused-ring (bicyclic) bond motifs is 1. The molecule has 140 valence electrons. The first-order chi connectivity index (χ1) is 12.7. The highest BCUT2D eigenvalue weighted by Gasteiger charge is 2.34. The monoisotopic (exact) mass is 396 g/mol. The molecule has 0 unspecified atom stereocenters. The number of aryl methyl sites for hydroxylation is 1. The SMILES string of the molecule is CCc1cc2nccc(NC(=O)C(=O)c3ccc(Cl)c(C(F)(F)F)c3)n2n1.